The molecule has 1 aliphatic rings. The third kappa shape index (κ3) is 4.45. The molecule has 0 atom stereocenters. The maximum atomic E-state index is 11.9. The Morgan fingerprint density at radius 3 is 2.76 bits per heavy atom. The van der Waals surface area contributed by atoms with Crippen molar-refractivity contribution in [1.82, 2.24) is 4.98 Å². The Morgan fingerprint density at radius 1 is 1.20 bits per heavy atom. The quantitative estimate of drug-likeness (QED) is 0.836. The molecule has 0 saturated carbocycles. The van der Waals surface area contributed by atoms with Crippen molar-refractivity contribution in [2.75, 3.05) is 43.6 Å². The number of nitrogens with zero attached hydrogens (tertiary/aromatic N) is 2. The van der Waals surface area contributed by atoms with Gasteiger partial charge in [-0.1, -0.05) is 0 Å². The van der Waals surface area contributed by atoms with Crippen molar-refractivity contribution >= 4 is 34.3 Å². The Kier molecular flexibility index (Phi) is 5.45. The molecule has 1 saturated heterocycles. The first-order chi connectivity index (χ1) is 12.2. The van der Waals surface area contributed by atoms with Crippen LogP contribution in [-0.2, 0) is 19.1 Å². The summed E-state index contributed by atoms with van der Waals surface area (Å²) < 4.78 is 9.90. The topological polar surface area (TPSA) is 80.8 Å². The number of esters is 1. The number of ether oxygens (including phenoxy) is 2. The first-order valence-corrected chi connectivity index (χ1v) is 8.26. The van der Waals surface area contributed by atoms with E-state index >= 15 is 0 Å². The second-order valence-corrected chi connectivity index (χ2v) is 5.80. The molecule has 7 nitrogen and oxygen atoms in total. The van der Waals surface area contributed by atoms with Gasteiger partial charge >= 0.3 is 5.97 Å². The number of carbonyl (C=O) groups is 2. The van der Waals surface area contributed by atoms with Crippen molar-refractivity contribution in [3.63, 3.8) is 0 Å². The molecule has 1 aromatic heterocycles. The second-order valence-electron chi connectivity index (χ2n) is 5.80. The van der Waals surface area contributed by atoms with Gasteiger partial charge in [0.05, 0.1) is 32.3 Å². The minimum atomic E-state index is -0.395. The van der Waals surface area contributed by atoms with Gasteiger partial charge < -0.3 is 19.7 Å². The molecule has 1 aromatic carbocycles. The third-order valence-corrected chi connectivity index (χ3v) is 4.08. The lowest BCUT2D eigenvalue weighted by atomic mass is 10.2. The Hall–Kier alpha value is -2.67. The molecule has 0 aliphatic carbocycles. The van der Waals surface area contributed by atoms with Gasteiger partial charge in [0, 0.05) is 30.6 Å². The fraction of sp³-hybridized carbons (Fsp3) is 0.389. The van der Waals surface area contributed by atoms with Crippen LogP contribution in [-0.4, -0.2) is 50.3 Å². The first kappa shape index (κ1) is 17.2. The van der Waals surface area contributed by atoms with Crippen LogP contribution in [0, 0.1) is 0 Å². The van der Waals surface area contributed by atoms with Crippen molar-refractivity contribution < 1.29 is 19.1 Å². The second kappa shape index (κ2) is 7.94. The summed E-state index contributed by atoms with van der Waals surface area (Å²) in [5.41, 5.74) is 1.56. The number of morpholine rings is 1. The largest absolute Gasteiger partial charge is 0.469 e. The van der Waals surface area contributed by atoms with Gasteiger partial charge in [0.2, 0.25) is 5.91 Å². The molecule has 2 aromatic rings. The zero-order valence-electron chi connectivity index (χ0n) is 14.2. The van der Waals surface area contributed by atoms with Crippen molar-refractivity contribution in [2.24, 2.45) is 0 Å². The minimum Gasteiger partial charge on any atom is -0.469 e. The van der Waals surface area contributed by atoms with Crippen molar-refractivity contribution in [2.45, 2.75) is 12.8 Å². The summed E-state index contributed by atoms with van der Waals surface area (Å²) >= 11 is 0. The van der Waals surface area contributed by atoms with Gasteiger partial charge in [-0.05, 0) is 30.3 Å². The fourth-order valence-corrected chi connectivity index (χ4v) is 2.70. The summed E-state index contributed by atoms with van der Waals surface area (Å²) in [5, 5.41) is 3.74. The molecular formula is C18H21N3O4. The summed E-state index contributed by atoms with van der Waals surface area (Å²) in [5.74, 6) is 0.321. The number of pyridine rings is 1. The van der Waals surface area contributed by atoms with Gasteiger partial charge in [0.15, 0.2) is 0 Å². The molecule has 2 heterocycles. The molecule has 7 heteroatoms. The van der Waals surface area contributed by atoms with Crippen LogP contribution in [0.3, 0.4) is 0 Å². The number of nitrogens with one attached hydrogen (secondary N) is 1. The lowest BCUT2D eigenvalue weighted by Crippen LogP contribution is -2.36. The number of benzene rings is 1. The number of amides is 1. The predicted octanol–water partition coefficient (Wildman–Crippen LogP) is 1.96. The van der Waals surface area contributed by atoms with Crippen LogP contribution in [0.2, 0.25) is 0 Å². The van der Waals surface area contributed by atoms with Crippen LogP contribution in [0.1, 0.15) is 12.8 Å². The average molecular weight is 343 g/mol. The SMILES string of the molecule is COC(=O)CCC(=O)Nc1ccc2nc(N3CCOCC3)ccc2c1. The Morgan fingerprint density at radius 2 is 2.00 bits per heavy atom. The van der Waals surface area contributed by atoms with Gasteiger partial charge in [-0.3, -0.25) is 9.59 Å². The van der Waals surface area contributed by atoms with E-state index in [-0.39, 0.29) is 18.7 Å². The van der Waals surface area contributed by atoms with Crippen molar-refractivity contribution in [3.8, 4) is 0 Å². The van der Waals surface area contributed by atoms with Crippen molar-refractivity contribution in [1.29, 1.82) is 0 Å². The molecule has 1 fully saturated rings. The number of fused-ring (bicyclic) bond motifs is 1. The number of rotatable bonds is 5. The summed E-state index contributed by atoms with van der Waals surface area (Å²) in [6, 6.07) is 9.55. The van der Waals surface area contributed by atoms with Crippen LogP contribution < -0.4 is 10.2 Å². The maximum absolute atomic E-state index is 11.9. The number of methoxy groups -OCH3 is 1. The zero-order valence-corrected chi connectivity index (χ0v) is 14.2. The number of hydrogen-bond acceptors (Lipinski definition) is 6. The minimum absolute atomic E-state index is 0.0698. The van der Waals surface area contributed by atoms with Gasteiger partial charge in [-0.25, -0.2) is 4.98 Å². The van der Waals surface area contributed by atoms with E-state index in [0.29, 0.717) is 5.69 Å². The average Bonchev–Trinajstić information content (AvgIpc) is 2.66. The van der Waals surface area contributed by atoms with Crippen LogP contribution >= 0.6 is 0 Å². The highest BCUT2D eigenvalue weighted by atomic mass is 16.5. The molecule has 0 radical (unpaired) electrons. The number of anilines is 2. The van der Waals surface area contributed by atoms with Crippen LogP contribution in [0.15, 0.2) is 30.3 Å². The van der Waals surface area contributed by atoms with Crippen LogP contribution in [0.4, 0.5) is 11.5 Å². The standard InChI is InChI=1S/C18H21N3O4/c1-24-18(23)7-6-17(22)19-14-3-4-15-13(12-14)2-5-16(20-15)21-8-10-25-11-9-21/h2-5,12H,6-11H2,1H3,(H,19,22). The third-order valence-electron chi connectivity index (χ3n) is 4.08. The summed E-state index contributed by atoms with van der Waals surface area (Å²) in [6.45, 7) is 3.12. The smallest absolute Gasteiger partial charge is 0.306 e. The van der Waals surface area contributed by atoms with Gasteiger partial charge in [-0.2, -0.15) is 0 Å². The summed E-state index contributed by atoms with van der Waals surface area (Å²) in [4.78, 5) is 29.8. The first-order valence-electron chi connectivity index (χ1n) is 8.26. The molecule has 3 rings (SSSR count). The molecule has 0 bridgehead atoms. The molecular weight excluding hydrogens is 322 g/mol. The van der Waals surface area contributed by atoms with Gasteiger partial charge in [0.1, 0.15) is 5.82 Å². The van der Waals surface area contributed by atoms with Crippen LogP contribution in [0.5, 0.6) is 0 Å². The van der Waals surface area contributed by atoms with Gasteiger partial charge in [0.25, 0.3) is 0 Å². The van der Waals surface area contributed by atoms with Crippen molar-refractivity contribution in [3.05, 3.63) is 30.3 Å². The lowest BCUT2D eigenvalue weighted by Gasteiger charge is -2.27. The van der Waals surface area contributed by atoms with E-state index in [2.05, 4.69) is 19.9 Å². The molecule has 0 unspecified atom stereocenters. The van der Waals surface area contributed by atoms with E-state index in [9.17, 15) is 9.59 Å². The molecule has 132 valence electrons. The van der Waals surface area contributed by atoms with E-state index in [4.69, 9.17) is 4.74 Å². The Bertz CT molecular complexity index is 772. The molecule has 1 amide bonds. The normalized spacial score (nSPS) is 14.4. The maximum Gasteiger partial charge on any atom is 0.306 e. The number of hydrogen-bond donors (Lipinski definition) is 1. The molecule has 1 N–H and O–H groups in total. The highest BCUT2D eigenvalue weighted by molar-refractivity contribution is 5.95. The highest BCUT2D eigenvalue weighted by Gasteiger charge is 2.13. The predicted molar refractivity (Wildman–Crippen MR) is 94.7 cm³/mol. The molecule has 1 aliphatic heterocycles. The lowest BCUT2D eigenvalue weighted by molar-refractivity contribution is -0.141. The highest BCUT2D eigenvalue weighted by Crippen LogP contribution is 2.22. The van der Waals surface area contributed by atoms with E-state index in [1.807, 2.05) is 30.3 Å². The monoisotopic (exact) mass is 343 g/mol. The molecule has 0 spiro atoms. The van der Waals surface area contributed by atoms with Crippen LogP contribution in [0.25, 0.3) is 10.9 Å². The Balaban J connectivity index is 1.68. The number of carbonyl (C=O) groups excluding carboxylic acids is 2. The zero-order chi connectivity index (χ0) is 17.6. The Labute approximate surface area is 145 Å². The number of aromatic nitrogens is 1. The summed E-state index contributed by atoms with van der Waals surface area (Å²) in [7, 11) is 1.31. The fourth-order valence-electron chi connectivity index (χ4n) is 2.70. The van der Waals surface area contributed by atoms with E-state index in [1.54, 1.807) is 0 Å². The van der Waals surface area contributed by atoms with E-state index in [1.165, 1.54) is 7.11 Å². The van der Waals surface area contributed by atoms with E-state index in [0.717, 1.165) is 43.0 Å². The van der Waals surface area contributed by atoms with E-state index < -0.39 is 5.97 Å². The molecule has 25 heavy (non-hydrogen) atoms. The van der Waals surface area contributed by atoms with Gasteiger partial charge in [-0.15, -0.1) is 0 Å². The summed E-state index contributed by atoms with van der Waals surface area (Å²) in [6.07, 6.45) is 0.166.